The van der Waals surface area contributed by atoms with Crippen LogP contribution in [0.25, 0.3) is 0 Å². The van der Waals surface area contributed by atoms with E-state index in [1.165, 1.54) is 26.2 Å². The standard InChI is InChI=1S/C18H16O6/c1-11(19)23-17(12-6-4-3-5-7-12)18(21)16(20)14-9-8-13(22-2)10-15(14)24-18/h3-10,17,21H,1-2H3/t17-,18-/m0/s1. The molecule has 0 bridgehead atoms. The van der Waals surface area contributed by atoms with Crippen molar-refractivity contribution in [2.24, 2.45) is 0 Å². The highest BCUT2D eigenvalue weighted by Crippen LogP contribution is 2.43. The average molecular weight is 328 g/mol. The molecule has 3 rings (SSSR count). The molecule has 0 unspecified atom stereocenters. The summed E-state index contributed by atoms with van der Waals surface area (Å²) in [7, 11) is 1.48. The van der Waals surface area contributed by atoms with Crippen molar-refractivity contribution in [2.45, 2.75) is 18.8 Å². The first-order chi connectivity index (χ1) is 11.5. The van der Waals surface area contributed by atoms with Crippen LogP contribution in [0.4, 0.5) is 0 Å². The molecule has 0 spiro atoms. The molecular formula is C18H16O6. The second kappa shape index (κ2) is 5.98. The number of fused-ring (bicyclic) bond motifs is 1. The summed E-state index contributed by atoms with van der Waals surface area (Å²) in [4.78, 5) is 24.2. The Kier molecular flexibility index (Phi) is 3.99. The number of ketones is 1. The molecule has 1 aliphatic rings. The van der Waals surface area contributed by atoms with Crippen LogP contribution in [0.15, 0.2) is 48.5 Å². The highest BCUT2D eigenvalue weighted by Gasteiger charge is 2.55. The summed E-state index contributed by atoms with van der Waals surface area (Å²) < 4.78 is 15.8. The first-order valence-corrected chi connectivity index (χ1v) is 7.32. The van der Waals surface area contributed by atoms with Crippen LogP contribution in [0.5, 0.6) is 11.5 Å². The van der Waals surface area contributed by atoms with Crippen molar-refractivity contribution >= 4 is 11.8 Å². The van der Waals surface area contributed by atoms with Crippen LogP contribution in [-0.4, -0.2) is 29.8 Å². The van der Waals surface area contributed by atoms with Gasteiger partial charge in [0, 0.05) is 13.0 Å². The second-order valence-corrected chi connectivity index (χ2v) is 5.39. The van der Waals surface area contributed by atoms with E-state index in [2.05, 4.69) is 0 Å². The summed E-state index contributed by atoms with van der Waals surface area (Å²) in [6, 6.07) is 13.1. The van der Waals surface area contributed by atoms with Crippen molar-refractivity contribution in [1.82, 2.24) is 0 Å². The molecule has 24 heavy (non-hydrogen) atoms. The summed E-state index contributed by atoms with van der Waals surface area (Å²) in [5.41, 5.74) is 0.648. The maximum Gasteiger partial charge on any atom is 0.315 e. The maximum absolute atomic E-state index is 12.7. The molecule has 0 saturated carbocycles. The second-order valence-electron chi connectivity index (χ2n) is 5.39. The largest absolute Gasteiger partial charge is 0.497 e. The molecule has 1 N–H and O–H groups in total. The Morgan fingerprint density at radius 3 is 2.54 bits per heavy atom. The lowest BCUT2D eigenvalue weighted by molar-refractivity contribution is -0.192. The van der Waals surface area contributed by atoms with E-state index in [0.29, 0.717) is 11.3 Å². The third-order valence-corrected chi connectivity index (χ3v) is 3.77. The summed E-state index contributed by atoms with van der Waals surface area (Å²) in [6.45, 7) is 1.20. The number of methoxy groups -OCH3 is 1. The van der Waals surface area contributed by atoms with Gasteiger partial charge in [0.15, 0.2) is 6.10 Å². The van der Waals surface area contributed by atoms with Crippen LogP contribution < -0.4 is 9.47 Å². The van der Waals surface area contributed by atoms with Crippen LogP contribution >= 0.6 is 0 Å². The summed E-state index contributed by atoms with van der Waals surface area (Å²) in [5.74, 6) is -2.98. The number of hydrogen-bond acceptors (Lipinski definition) is 6. The predicted octanol–water partition coefficient (Wildman–Crippen LogP) is 2.26. The predicted molar refractivity (Wildman–Crippen MR) is 83.9 cm³/mol. The van der Waals surface area contributed by atoms with E-state index in [4.69, 9.17) is 14.2 Å². The van der Waals surface area contributed by atoms with Gasteiger partial charge in [-0.15, -0.1) is 0 Å². The molecule has 0 amide bonds. The Morgan fingerprint density at radius 1 is 1.21 bits per heavy atom. The van der Waals surface area contributed by atoms with Gasteiger partial charge in [0.1, 0.15) is 11.5 Å². The number of benzene rings is 2. The van der Waals surface area contributed by atoms with Crippen molar-refractivity contribution in [2.75, 3.05) is 7.11 Å². The number of rotatable bonds is 4. The van der Waals surface area contributed by atoms with Crippen LogP contribution in [-0.2, 0) is 9.53 Å². The van der Waals surface area contributed by atoms with E-state index in [1.807, 2.05) is 0 Å². The average Bonchev–Trinajstić information content (AvgIpc) is 2.84. The number of esters is 1. The Bertz CT molecular complexity index is 785. The van der Waals surface area contributed by atoms with E-state index >= 15 is 0 Å². The van der Waals surface area contributed by atoms with Crippen LogP contribution in [0.2, 0.25) is 0 Å². The zero-order valence-electron chi connectivity index (χ0n) is 13.2. The molecule has 0 radical (unpaired) electrons. The van der Waals surface area contributed by atoms with Gasteiger partial charge in [-0.1, -0.05) is 30.3 Å². The Morgan fingerprint density at radius 2 is 1.92 bits per heavy atom. The minimum Gasteiger partial charge on any atom is -0.497 e. The van der Waals surface area contributed by atoms with Gasteiger partial charge in [-0.2, -0.15) is 0 Å². The molecule has 0 saturated heterocycles. The molecule has 2 aromatic carbocycles. The number of hydrogen-bond donors (Lipinski definition) is 1. The van der Waals surface area contributed by atoms with Crippen LogP contribution in [0, 0.1) is 0 Å². The minimum absolute atomic E-state index is 0.176. The lowest BCUT2D eigenvalue weighted by Crippen LogP contribution is -2.47. The lowest BCUT2D eigenvalue weighted by atomic mass is 9.95. The normalized spacial score (nSPS) is 20.0. The van der Waals surface area contributed by atoms with E-state index < -0.39 is 23.6 Å². The Hall–Kier alpha value is -2.86. The summed E-state index contributed by atoms with van der Waals surface area (Å²) in [5, 5.41) is 10.9. The van der Waals surface area contributed by atoms with Crippen molar-refractivity contribution in [3.05, 3.63) is 59.7 Å². The van der Waals surface area contributed by atoms with Crippen molar-refractivity contribution in [3.63, 3.8) is 0 Å². The topological polar surface area (TPSA) is 82.1 Å². The number of carbonyl (C=O) groups excluding carboxylic acids is 2. The van der Waals surface area contributed by atoms with E-state index in [-0.39, 0.29) is 11.3 Å². The van der Waals surface area contributed by atoms with Gasteiger partial charge in [0.25, 0.3) is 0 Å². The van der Waals surface area contributed by atoms with Gasteiger partial charge in [0.2, 0.25) is 5.78 Å². The fraction of sp³-hybridized carbons (Fsp3) is 0.222. The molecular weight excluding hydrogens is 312 g/mol. The lowest BCUT2D eigenvalue weighted by Gasteiger charge is -2.29. The van der Waals surface area contributed by atoms with E-state index in [9.17, 15) is 14.7 Å². The summed E-state index contributed by atoms with van der Waals surface area (Å²) >= 11 is 0. The van der Waals surface area contributed by atoms with Gasteiger partial charge >= 0.3 is 11.8 Å². The number of carbonyl (C=O) groups is 2. The van der Waals surface area contributed by atoms with Crippen molar-refractivity contribution in [1.29, 1.82) is 0 Å². The highest BCUT2D eigenvalue weighted by molar-refractivity contribution is 6.07. The number of ether oxygens (including phenoxy) is 3. The Labute approximate surface area is 138 Å². The fourth-order valence-corrected chi connectivity index (χ4v) is 2.65. The molecule has 2 aromatic rings. The van der Waals surface area contributed by atoms with Crippen molar-refractivity contribution < 1.29 is 28.9 Å². The quantitative estimate of drug-likeness (QED) is 0.867. The molecule has 6 heteroatoms. The molecule has 6 nitrogen and oxygen atoms in total. The van der Waals surface area contributed by atoms with Gasteiger partial charge in [-0.25, -0.2) is 0 Å². The molecule has 0 fully saturated rings. The zero-order valence-corrected chi connectivity index (χ0v) is 13.2. The first kappa shape index (κ1) is 16.0. The monoisotopic (exact) mass is 328 g/mol. The first-order valence-electron chi connectivity index (χ1n) is 7.32. The van der Waals surface area contributed by atoms with Gasteiger partial charge in [-0.3, -0.25) is 9.59 Å². The third kappa shape index (κ3) is 2.61. The summed E-state index contributed by atoms with van der Waals surface area (Å²) in [6.07, 6.45) is -1.29. The van der Waals surface area contributed by atoms with E-state index in [0.717, 1.165) is 0 Å². The molecule has 1 heterocycles. The molecule has 124 valence electrons. The minimum atomic E-state index is -2.33. The SMILES string of the molecule is COc1ccc2c(c1)O[C@](O)([C@@H](OC(C)=O)c1ccccc1)C2=O. The fourth-order valence-electron chi connectivity index (χ4n) is 2.65. The number of aliphatic hydroxyl groups is 1. The maximum atomic E-state index is 12.7. The molecule has 1 aliphatic heterocycles. The van der Waals surface area contributed by atoms with Crippen molar-refractivity contribution in [3.8, 4) is 11.5 Å². The van der Waals surface area contributed by atoms with Gasteiger partial charge < -0.3 is 19.3 Å². The third-order valence-electron chi connectivity index (χ3n) is 3.77. The Balaban J connectivity index is 2.04. The molecule has 0 aliphatic carbocycles. The molecule has 0 aromatic heterocycles. The smallest absolute Gasteiger partial charge is 0.315 e. The zero-order chi connectivity index (χ0) is 17.3. The highest BCUT2D eigenvalue weighted by atomic mass is 16.7. The van der Waals surface area contributed by atoms with Gasteiger partial charge in [-0.05, 0) is 17.7 Å². The molecule has 2 atom stereocenters. The number of Topliss-reactive ketones (excluding diaryl/α,β-unsaturated/α-hetero) is 1. The van der Waals surface area contributed by atoms with Gasteiger partial charge in [0.05, 0.1) is 12.7 Å². The van der Waals surface area contributed by atoms with Crippen LogP contribution in [0.1, 0.15) is 28.9 Å². The van der Waals surface area contributed by atoms with E-state index in [1.54, 1.807) is 36.4 Å². The van der Waals surface area contributed by atoms with Crippen LogP contribution in [0.3, 0.4) is 0 Å².